The lowest BCUT2D eigenvalue weighted by Gasteiger charge is -2.12. The number of nitrogens with zero attached hydrogens (tertiary/aromatic N) is 3. The molecule has 0 aromatic carbocycles. The largest absolute Gasteiger partial charge is 0.370 e. The molecule has 17 heavy (non-hydrogen) atoms. The van der Waals surface area contributed by atoms with E-state index in [9.17, 15) is 0 Å². The Morgan fingerprint density at radius 2 is 2.35 bits per heavy atom. The summed E-state index contributed by atoms with van der Waals surface area (Å²) >= 11 is 0. The summed E-state index contributed by atoms with van der Waals surface area (Å²) in [5.41, 5.74) is 7.00. The number of guanidine groups is 1. The lowest BCUT2D eigenvalue weighted by atomic mass is 10.2. The zero-order valence-electron chi connectivity index (χ0n) is 10.4. The molecule has 0 atom stereocenters. The van der Waals surface area contributed by atoms with Gasteiger partial charge in [0.15, 0.2) is 5.96 Å². The maximum absolute atomic E-state index is 5.83. The van der Waals surface area contributed by atoms with E-state index in [1.165, 1.54) is 31.2 Å². The van der Waals surface area contributed by atoms with Crippen LogP contribution in [-0.4, -0.2) is 28.3 Å². The lowest BCUT2D eigenvalue weighted by molar-refractivity contribution is 0.608. The van der Waals surface area contributed by atoms with E-state index in [0.717, 1.165) is 6.54 Å². The summed E-state index contributed by atoms with van der Waals surface area (Å²) in [7, 11) is 0. The number of nitrogens with two attached hydrogens (primary N) is 1. The molecule has 1 aliphatic carbocycles. The van der Waals surface area contributed by atoms with Crippen LogP contribution in [0, 0.1) is 6.92 Å². The number of nitrogens with one attached hydrogen (secondary N) is 1. The molecule has 1 heterocycles. The lowest BCUT2D eigenvalue weighted by Crippen LogP contribution is -2.38. The normalized spacial score (nSPS) is 17.6. The Kier molecular flexibility index (Phi) is 4.01. The van der Waals surface area contributed by atoms with Crippen LogP contribution in [0.15, 0.2) is 17.4 Å². The van der Waals surface area contributed by atoms with Gasteiger partial charge < -0.3 is 11.1 Å². The summed E-state index contributed by atoms with van der Waals surface area (Å²) in [4.78, 5) is 4.31. The first-order valence-electron chi connectivity index (χ1n) is 6.29. The highest BCUT2D eigenvalue weighted by atomic mass is 15.3. The van der Waals surface area contributed by atoms with Gasteiger partial charge in [0.1, 0.15) is 0 Å². The fourth-order valence-electron chi connectivity index (χ4n) is 2.19. The first-order chi connectivity index (χ1) is 8.24. The van der Waals surface area contributed by atoms with E-state index in [-0.39, 0.29) is 0 Å². The van der Waals surface area contributed by atoms with E-state index >= 15 is 0 Å². The molecule has 0 bridgehead atoms. The zero-order valence-corrected chi connectivity index (χ0v) is 10.4. The van der Waals surface area contributed by atoms with Crippen LogP contribution in [0.3, 0.4) is 0 Å². The Balaban J connectivity index is 1.72. The van der Waals surface area contributed by atoms with Crippen molar-refractivity contribution in [2.75, 3.05) is 6.54 Å². The molecule has 1 aromatic rings. The molecule has 2 rings (SSSR count). The third kappa shape index (κ3) is 3.76. The number of aromatic nitrogens is 2. The Bertz CT molecular complexity index is 376. The molecule has 94 valence electrons. The van der Waals surface area contributed by atoms with Crippen LogP contribution >= 0.6 is 0 Å². The van der Waals surface area contributed by atoms with E-state index in [0.29, 0.717) is 18.5 Å². The average molecular weight is 235 g/mol. The number of rotatable bonds is 4. The molecule has 1 saturated carbocycles. The minimum absolute atomic E-state index is 0.533. The predicted octanol–water partition coefficient (Wildman–Crippen LogP) is 1.04. The number of hydrogen-bond donors (Lipinski definition) is 2. The van der Waals surface area contributed by atoms with Crippen LogP contribution in [0.4, 0.5) is 0 Å². The summed E-state index contributed by atoms with van der Waals surface area (Å²) in [5, 5.41) is 7.47. The molecule has 3 N–H and O–H groups in total. The van der Waals surface area contributed by atoms with Gasteiger partial charge >= 0.3 is 0 Å². The maximum Gasteiger partial charge on any atom is 0.188 e. The first kappa shape index (κ1) is 12.0. The van der Waals surface area contributed by atoms with E-state index < -0.39 is 0 Å². The van der Waals surface area contributed by atoms with Crippen LogP contribution in [0.5, 0.6) is 0 Å². The molecule has 0 spiro atoms. The quantitative estimate of drug-likeness (QED) is 0.605. The van der Waals surface area contributed by atoms with Crippen molar-refractivity contribution in [3.8, 4) is 0 Å². The van der Waals surface area contributed by atoms with Gasteiger partial charge in [0, 0.05) is 12.2 Å². The molecule has 0 unspecified atom stereocenters. The van der Waals surface area contributed by atoms with Gasteiger partial charge in [0.05, 0.1) is 19.3 Å². The minimum atomic E-state index is 0.533. The second-order valence-electron chi connectivity index (χ2n) is 4.67. The highest BCUT2D eigenvalue weighted by Gasteiger charge is 2.14. The standard InChI is InChI=1S/C12H21N5/c1-10-8-15-17(9-10)7-6-14-12(13)16-11-4-2-3-5-11/h8-9,11H,2-7H2,1H3,(H3,13,14,16). The Morgan fingerprint density at radius 3 is 3.00 bits per heavy atom. The van der Waals surface area contributed by atoms with Crippen LogP contribution in [-0.2, 0) is 6.54 Å². The van der Waals surface area contributed by atoms with Crippen LogP contribution in [0.25, 0.3) is 0 Å². The number of aryl methyl sites for hydroxylation is 1. The zero-order chi connectivity index (χ0) is 12.1. The summed E-state index contributed by atoms with van der Waals surface area (Å²) in [5.74, 6) is 0.570. The minimum Gasteiger partial charge on any atom is -0.370 e. The third-order valence-electron chi connectivity index (χ3n) is 3.08. The smallest absolute Gasteiger partial charge is 0.188 e. The molecular formula is C12H21N5. The van der Waals surface area contributed by atoms with Crippen molar-refractivity contribution < 1.29 is 0 Å². The summed E-state index contributed by atoms with van der Waals surface area (Å²) in [6.45, 7) is 3.48. The molecule has 1 aliphatic rings. The molecule has 0 radical (unpaired) electrons. The topological polar surface area (TPSA) is 68.2 Å². The van der Waals surface area contributed by atoms with Crippen molar-refractivity contribution >= 4 is 5.96 Å². The monoisotopic (exact) mass is 235 g/mol. The van der Waals surface area contributed by atoms with Gasteiger partial charge in [-0.05, 0) is 25.3 Å². The average Bonchev–Trinajstić information content (AvgIpc) is 2.90. The molecule has 0 saturated heterocycles. The Morgan fingerprint density at radius 1 is 1.59 bits per heavy atom. The molecule has 5 heteroatoms. The van der Waals surface area contributed by atoms with Crippen LogP contribution in [0.1, 0.15) is 31.2 Å². The van der Waals surface area contributed by atoms with Crippen LogP contribution in [0.2, 0.25) is 0 Å². The van der Waals surface area contributed by atoms with Crippen molar-refractivity contribution in [2.45, 2.75) is 45.2 Å². The van der Waals surface area contributed by atoms with Gasteiger partial charge in [0.2, 0.25) is 0 Å². The maximum atomic E-state index is 5.83. The Labute approximate surface area is 102 Å². The highest BCUT2D eigenvalue weighted by Crippen LogP contribution is 2.17. The molecule has 0 amide bonds. The van der Waals surface area contributed by atoms with Gasteiger partial charge in [-0.3, -0.25) is 9.67 Å². The van der Waals surface area contributed by atoms with E-state index in [1.807, 2.05) is 24.0 Å². The van der Waals surface area contributed by atoms with Gasteiger partial charge in [0.25, 0.3) is 0 Å². The van der Waals surface area contributed by atoms with Gasteiger partial charge in [-0.1, -0.05) is 12.8 Å². The highest BCUT2D eigenvalue weighted by molar-refractivity contribution is 5.78. The molecule has 0 aliphatic heterocycles. The van der Waals surface area contributed by atoms with Gasteiger partial charge in [-0.2, -0.15) is 5.10 Å². The second kappa shape index (κ2) is 5.70. The SMILES string of the molecule is Cc1cnn(CCN=C(N)NC2CCCC2)c1. The number of hydrogen-bond acceptors (Lipinski definition) is 2. The van der Waals surface area contributed by atoms with Crippen molar-refractivity contribution in [1.82, 2.24) is 15.1 Å². The number of aliphatic imine (C=N–C) groups is 1. The van der Waals surface area contributed by atoms with Crippen molar-refractivity contribution in [2.24, 2.45) is 10.7 Å². The van der Waals surface area contributed by atoms with Crippen molar-refractivity contribution in [3.63, 3.8) is 0 Å². The molecule has 5 nitrogen and oxygen atoms in total. The third-order valence-corrected chi connectivity index (χ3v) is 3.08. The summed E-state index contributed by atoms with van der Waals surface area (Å²) in [6.07, 6.45) is 8.90. The Hall–Kier alpha value is -1.52. The predicted molar refractivity (Wildman–Crippen MR) is 68.8 cm³/mol. The second-order valence-corrected chi connectivity index (χ2v) is 4.67. The van der Waals surface area contributed by atoms with E-state index in [4.69, 9.17) is 5.73 Å². The van der Waals surface area contributed by atoms with E-state index in [1.54, 1.807) is 0 Å². The first-order valence-corrected chi connectivity index (χ1v) is 6.29. The van der Waals surface area contributed by atoms with Crippen LogP contribution < -0.4 is 11.1 Å². The molecule has 1 aromatic heterocycles. The van der Waals surface area contributed by atoms with Crippen molar-refractivity contribution in [1.29, 1.82) is 0 Å². The fourth-order valence-corrected chi connectivity index (χ4v) is 2.19. The summed E-state index contributed by atoms with van der Waals surface area (Å²) in [6, 6.07) is 0.533. The molecular weight excluding hydrogens is 214 g/mol. The van der Waals surface area contributed by atoms with Crippen molar-refractivity contribution in [3.05, 3.63) is 18.0 Å². The van der Waals surface area contributed by atoms with Gasteiger partial charge in [-0.25, -0.2) is 0 Å². The van der Waals surface area contributed by atoms with Gasteiger partial charge in [-0.15, -0.1) is 0 Å². The summed E-state index contributed by atoms with van der Waals surface area (Å²) < 4.78 is 1.89. The van der Waals surface area contributed by atoms with E-state index in [2.05, 4.69) is 15.4 Å². The molecule has 1 fully saturated rings. The fraction of sp³-hybridized carbons (Fsp3) is 0.667.